The Morgan fingerprint density at radius 1 is 1.35 bits per heavy atom. The summed E-state index contributed by atoms with van der Waals surface area (Å²) in [5, 5.41) is 14.3. The van der Waals surface area contributed by atoms with Crippen LogP contribution in [0, 0.1) is 10.1 Å². The molecule has 6 heteroatoms. The zero-order valence-corrected chi connectivity index (χ0v) is 11.7. The summed E-state index contributed by atoms with van der Waals surface area (Å²) in [7, 11) is 0. The van der Waals surface area contributed by atoms with Gasteiger partial charge in [-0.2, -0.15) is 0 Å². The van der Waals surface area contributed by atoms with Crippen molar-refractivity contribution >= 4 is 17.3 Å². The Bertz CT molecular complexity index is 605. The zero-order chi connectivity index (χ0) is 14.5. The molecular weight excluding hydrogens is 278 g/mol. The first-order valence-corrected chi connectivity index (χ1v) is 6.52. The van der Waals surface area contributed by atoms with Crippen LogP contribution in [-0.4, -0.2) is 9.91 Å². The summed E-state index contributed by atoms with van der Waals surface area (Å²) < 4.78 is 0. The number of rotatable bonds is 5. The molecule has 2 aromatic rings. The maximum Gasteiger partial charge on any atom is 0.288 e. The highest BCUT2D eigenvalue weighted by Gasteiger charge is 2.13. The van der Waals surface area contributed by atoms with Gasteiger partial charge in [-0.15, -0.1) is 0 Å². The molecule has 1 aromatic carbocycles. The maximum atomic E-state index is 10.8. The lowest BCUT2D eigenvalue weighted by atomic mass is 10.1. The Balaban J connectivity index is 2.04. The van der Waals surface area contributed by atoms with Crippen LogP contribution in [0.5, 0.6) is 0 Å². The molecule has 104 valence electrons. The van der Waals surface area contributed by atoms with Crippen LogP contribution in [0.1, 0.15) is 24.1 Å². The van der Waals surface area contributed by atoms with E-state index in [4.69, 9.17) is 11.6 Å². The van der Waals surface area contributed by atoms with Crippen molar-refractivity contribution in [3.63, 3.8) is 0 Å². The molecule has 0 aliphatic heterocycles. The van der Waals surface area contributed by atoms with E-state index in [0.29, 0.717) is 6.54 Å². The van der Waals surface area contributed by atoms with Crippen molar-refractivity contribution in [3.05, 3.63) is 69.0 Å². The van der Waals surface area contributed by atoms with Gasteiger partial charge in [-0.25, -0.2) is 0 Å². The van der Waals surface area contributed by atoms with Crippen molar-refractivity contribution in [2.24, 2.45) is 0 Å². The van der Waals surface area contributed by atoms with Crippen LogP contribution in [0.15, 0.2) is 42.7 Å². The molecule has 1 N–H and O–H groups in total. The molecule has 0 spiro atoms. The third kappa shape index (κ3) is 3.53. The molecule has 0 fully saturated rings. The smallest absolute Gasteiger partial charge is 0.288 e. The van der Waals surface area contributed by atoms with Crippen molar-refractivity contribution in [1.29, 1.82) is 0 Å². The fourth-order valence-corrected chi connectivity index (χ4v) is 2.04. The van der Waals surface area contributed by atoms with E-state index in [9.17, 15) is 10.1 Å². The van der Waals surface area contributed by atoms with Gasteiger partial charge in [-0.05, 0) is 36.2 Å². The molecule has 1 heterocycles. The number of aromatic nitrogens is 1. The summed E-state index contributed by atoms with van der Waals surface area (Å²) >= 11 is 5.78. The highest BCUT2D eigenvalue weighted by Crippen LogP contribution is 2.25. The molecular formula is C14H14ClN3O2. The Kier molecular flexibility index (Phi) is 4.65. The predicted octanol–water partition coefficient (Wildman–Crippen LogP) is 3.49. The standard InChI is InChI=1S/C14H14ClN3O2/c1-10(12-4-6-16-7-5-12)17-9-11-2-3-13(15)14(8-11)18(19)20/h2-8,10,17H,9H2,1H3/t10-/m1/s1. The lowest BCUT2D eigenvalue weighted by Gasteiger charge is -2.14. The number of nitrogens with one attached hydrogen (secondary N) is 1. The highest BCUT2D eigenvalue weighted by molar-refractivity contribution is 6.32. The first-order valence-electron chi connectivity index (χ1n) is 6.14. The number of benzene rings is 1. The molecule has 0 saturated carbocycles. The average Bonchev–Trinajstić information content (AvgIpc) is 2.46. The Hall–Kier alpha value is -1.98. The van der Waals surface area contributed by atoms with Crippen molar-refractivity contribution in [3.8, 4) is 0 Å². The van der Waals surface area contributed by atoms with Crippen LogP contribution in [0.2, 0.25) is 5.02 Å². The van der Waals surface area contributed by atoms with E-state index in [-0.39, 0.29) is 16.8 Å². The number of hydrogen-bond acceptors (Lipinski definition) is 4. The third-order valence-corrected chi connectivity index (χ3v) is 3.35. The van der Waals surface area contributed by atoms with Crippen molar-refractivity contribution in [1.82, 2.24) is 10.3 Å². The van der Waals surface area contributed by atoms with E-state index in [1.54, 1.807) is 24.5 Å². The van der Waals surface area contributed by atoms with Gasteiger partial charge < -0.3 is 5.32 Å². The largest absolute Gasteiger partial charge is 0.306 e. The lowest BCUT2D eigenvalue weighted by Crippen LogP contribution is -2.18. The van der Waals surface area contributed by atoms with E-state index in [1.807, 2.05) is 19.1 Å². The summed E-state index contributed by atoms with van der Waals surface area (Å²) in [5.74, 6) is 0. The van der Waals surface area contributed by atoms with Gasteiger partial charge in [0.05, 0.1) is 4.92 Å². The number of hydrogen-bond donors (Lipinski definition) is 1. The van der Waals surface area contributed by atoms with Crippen molar-refractivity contribution in [2.75, 3.05) is 0 Å². The molecule has 0 amide bonds. The minimum absolute atomic E-state index is 0.0671. The maximum absolute atomic E-state index is 10.8. The van der Waals surface area contributed by atoms with Gasteiger partial charge in [0, 0.05) is 31.0 Å². The fourth-order valence-electron chi connectivity index (χ4n) is 1.85. The molecule has 1 aromatic heterocycles. The summed E-state index contributed by atoms with van der Waals surface area (Å²) in [5.41, 5.74) is 1.87. The number of pyridine rings is 1. The second-order valence-corrected chi connectivity index (χ2v) is 4.83. The molecule has 0 radical (unpaired) electrons. The fraction of sp³-hybridized carbons (Fsp3) is 0.214. The summed E-state index contributed by atoms with van der Waals surface area (Å²) in [6.45, 7) is 2.56. The molecule has 5 nitrogen and oxygen atoms in total. The molecule has 2 rings (SSSR count). The Morgan fingerprint density at radius 3 is 2.70 bits per heavy atom. The summed E-state index contributed by atoms with van der Waals surface area (Å²) in [6.07, 6.45) is 3.47. The van der Waals surface area contributed by atoms with Crippen molar-refractivity contribution in [2.45, 2.75) is 19.5 Å². The number of nitro groups is 1. The van der Waals surface area contributed by atoms with Gasteiger partial charge in [0.1, 0.15) is 5.02 Å². The lowest BCUT2D eigenvalue weighted by molar-refractivity contribution is -0.384. The van der Waals surface area contributed by atoms with E-state index in [2.05, 4.69) is 10.3 Å². The van der Waals surface area contributed by atoms with Gasteiger partial charge in [-0.3, -0.25) is 15.1 Å². The summed E-state index contributed by atoms with van der Waals surface area (Å²) in [4.78, 5) is 14.3. The SMILES string of the molecule is C[C@@H](NCc1ccc(Cl)c([N+](=O)[O-])c1)c1ccncc1. The third-order valence-electron chi connectivity index (χ3n) is 3.03. The van der Waals surface area contributed by atoms with E-state index in [0.717, 1.165) is 11.1 Å². The van der Waals surface area contributed by atoms with Gasteiger partial charge >= 0.3 is 0 Å². The summed E-state index contributed by atoms with van der Waals surface area (Å²) in [6, 6.07) is 8.82. The minimum atomic E-state index is -0.474. The number of nitro benzene ring substituents is 1. The van der Waals surface area contributed by atoms with E-state index >= 15 is 0 Å². The van der Waals surface area contributed by atoms with Crippen LogP contribution in [0.25, 0.3) is 0 Å². The van der Waals surface area contributed by atoms with Crippen LogP contribution >= 0.6 is 11.6 Å². The second-order valence-electron chi connectivity index (χ2n) is 4.43. The number of halogens is 1. The molecule has 0 saturated heterocycles. The molecule has 0 unspecified atom stereocenters. The second kappa shape index (κ2) is 6.45. The highest BCUT2D eigenvalue weighted by atomic mass is 35.5. The molecule has 20 heavy (non-hydrogen) atoms. The zero-order valence-electron chi connectivity index (χ0n) is 10.9. The van der Waals surface area contributed by atoms with E-state index < -0.39 is 4.92 Å². The molecule has 0 aliphatic rings. The van der Waals surface area contributed by atoms with Gasteiger partial charge in [0.25, 0.3) is 5.69 Å². The van der Waals surface area contributed by atoms with Gasteiger partial charge in [0.2, 0.25) is 0 Å². The van der Waals surface area contributed by atoms with Crippen LogP contribution in [-0.2, 0) is 6.54 Å². The van der Waals surface area contributed by atoms with Gasteiger partial charge in [0.15, 0.2) is 0 Å². The quantitative estimate of drug-likeness (QED) is 0.676. The normalized spacial score (nSPS) is 12.1. The van der Waals surface area contributed by atoms with Crippen LogP contribution < -0.4 is 5.32 Å². The minimum Gasteiger partial charge on any atom is -0.306 e. The molecule has 0 aliphatic carbocycles. The number of nitrogens with zero attached hydrogens (tertiary/aromatic N) is 2. The first-order chi connectivity index (χ1) is 9.58. The molecule has 0 bridgehead atoms. The Morgan fingerprint density at radius 2 is 2.05 bits per heavy atom. The van der Waals surface area contributed by atoms with Crippen molar-refractivity contribution < 1.29 is 4.92 Å². The Labute approximate surface area is 121 Å². The van der Waals surface area contributed by atoms with Crippen LogP contribution in [0.4, 0.5) is 5.69 Å². The van der Waals surface area contributed by atoms with E-state index in [1.165, 1.54) is 6.07 Å². The first kappa shape index (κ1) is 14.4. The van der Waals surface area contributed by atoms with Crippen LogP contribution in [0.3, 0.4) is 0 Å². The topological polar surface area (TPSA) is 68.1 Å². The molecule has 1 atom stereocenters. The van der Waals surface area contributed by atoms with Gasteiger partial charge in [-0.1, -0.05) is 17.7 Å². The average molecular weight is 292 g/mol. The monoisotopic (exact) mass is 291 g/mol. The predicted molar refractivity (Wildman–Crippen MR) is 77.6 cm³/mol.